The highest BCUT2D eigenvalue weighted by atomic mass is 16.5. The molecule has 146 valence electrons. The minimum Gasteiger partial charge on any atom is -0.493 e. The fourth-order valence-electron chi connectivity index (χ4n) is 3.31. The third-order valence-electron chi connectivity index (χ3n) is 4.84. The lowest BCUT2D eigenvalue weighted by atomic mass is 9.99. The molecule has 0 saturated heterocycles. The predicted molar refractivity (Wildman–Crippen MR) is 112 cm³/mol. The number of unbranched alkanes of at least 4 members (excludes halogenated alkanes) is 8. The SMILES string of the molecule is CCCCCCCCCCCOc1ccccc1-c1ccccc1C(=O)O. The first-order chi connectivity index (χ1) is 13.2. The maximum Gasteiger partial charge on any atom is 0.336 e. The van der Waals surface area contributed by atoms with Crippen molar-refractivity contribution < 1.29 is 14.6 Å². The molecule has 0 spiro atoms. The van der Waals surface area contributed by atoms with E-state index in [1.165, 1.54) is 51.4 Å². The highest BCUT2D eigenvalue weighted by Crippen LogP contribution is 2.32. The van der Waals surface area contributed by atoms with Gasteiger partial charge in [-0.15, -0.1) is 0 Å². The van der Waals surface area contributed by atoms with Crippen LogP contribution in [0.3, 0.4) is 0 Å². The van der Waals surface area contributed by atoms with Gasteiger partial charge in [0.05, 0.1) is 12.2 Å². The second-order valence-corrected chi connectivity index (χ2v) is 7.02. The van der Waals surface area contributed by atoms with Gasteiger partial charge in [0, 0.05) is 5.56 Å². The van der Waals surface area contributed by atoms with Crippen molar-refractivity contribution in [3.8, 4) is 16.9 Å². The van der Waals surface area contributed by atoms with Crippen molar-refractivity contribution >= 4 is 5.97 Å². The lowest BCUT2D eigenvalue weighted by Crippen LogP contribution is -2.02. The Kier molecular flexibility index (Phi) is 9.47. The molecule has 2 aromatic rings. The number of hydrogen-bond acceptors (Lipinski definition) is 2. The molecule has 0 amide bonds. The van der Waals surface area contributed by atoms with Gasteiger partial charge in [-0.3, -0.25) is 0 Å². The van der Waals surface area contributed by atoms with Crippen LogP contribution in [0.4, 0.5) is 0 Å². The molecule has 0 bridgehead atoms. The fraction of sp³-hybridized carbons (Fsp3) is 0.458. The maximum atomic E-state index is 11.5. The quantitative estimate of drug-likeness (QED) is 0.389. The molecular weight excluding hydrogens is 336 g/mol. The molecule has 0 aliphatic heterocycles. The molecule has 0 atom stereocenters. The molecule has 2 rings (SSSR count). The van der Waals surface area contributed by atoms with Gasteiger partial charge in [-0.2, -0.15) is 0 Å². The molecule has 0 saturated carbocycles. The van der Waals surface area contributed by atoms with Gasteiger partial charge in [-0.25, -0.2) is 4.79 Å². The van der Waals surface area contributed by atoms with Gasteiger partial charge in [-0.1, -0.05) is 94.7 Å². The average molecular weight is 369 g/mol. The molecule has 27 heavy (non-hydrogen) atoms. The largest absolute Gasteiger partial charge is 0.493 e. The molecule has 0 fully saturated rings. The van der Waals surface area contributed by atoms with E-state index in [1.807, 2.05) is 36.4 Å². The number of hydrogen-bond donors (Lipinski definition) is 1. The van der Waals surface area contributed by atoms with Crippen LogP contribution in [0.2, 0.25) is 0 Å². The van der Waals surface area contributed by atoms with Crippen LogP contribution in [-0.2, 0) is 0 Å². The number of benzene rings is 2. The van der Waals surface area contributed by atoms with E-state index < -0.39 is 5.97 Å². The molecular formula is C24H32O3. The van der Waals surface area contributed by atoms with E-state index in [1.54, 1.807) is 12.1 Å². The number of ether oxygens (including phenoxy) is 1. The molecule has 0 unspecified atom stereocenters. The van der Waals surface area contributed by atoms with Gasteiger partial charge in [0.1, 0.15) is 5.75 Å². The Morgan fingerprint density at radius 3 is 2.00 bits per heavy atom. The minimum atomic E-state index is -0.917. The number of carbonyl (C=O) groups is 1. The second kappa shape index (κ2) is 12.2. The Hall–Kier alpha value is -2.29. The first-order valence-electron chi connectivity index (χ1n) is 10.3. The Morgan fingerprint density at radius 1 is 0.778 bits per heavy atom. The van der Waals surface area contributed by atoms with Crippen molar-refractivity contribution in [3.05, 3.63) is 54.1 Å². The summed E-state index contributed by atoms with van der Waals surface area (Å²) in [6, 6.07) is 14.8. The summed E-state index contributed by atoms with van der Waals surface area (Å²) in [6.45, 7) is 2.92. The third-order valence-corrected chi connectivity index (χ3v) is 4.84. The van der Waals surface area contributed by atoms with Crippen LogP contribution in [0.5, 0.6) is 5.75 Å². The molecule has 0 aliphatic carbocycles. The van der Waals surface area contributed by atoms with E-state index in [4.69, 9.17) is 4.74 Å². The molecule has 0 aromatic heterocycles. The molecule has 1 N–H and O–H groups in total. The normalized spacial score (nSPS) is 10.7. The van der Waals surface area contributed by atoms with Crippen LogP contribution in [0, 0.1) is 0 Å². The monoisotopic (exact) mass is 368 g/mol. The van der Waals surface area contributed by atoms with Crippen LogP contribution < -0.4 is 4.74 Å². The minimum absolute atomic E-state index is 0.302. The average Bonchev–Trinajstić information content (AvgIpc) is 2.69. The first kappa shape index (κ1) is 21.0. The van der Waals surface area contributed by atoms with Crippen molar-refractivity contribution in [3.63, 3.8) is 0 Å². The van der Waals surface area contributed by atoms with Crippen LogP contribution in [0.15, 0.2) is 48.5 Å². The number of carboxylic acid groups (broad SMARTS) is 1. The molecule has 3 nitrogen and oxygen atoms in total. The summed E-state index contributed by atoms with van der Waals surface area (Å²) in [5.74, 6) is -0.162. The summed E-state index contributed by atoms with van der Waals surface area (Å²) in [5, 5.41) is 9.44. The highest BCUT2D eigenvalue weighted by Gasteiger charge is 2.14. The zero-order chi connectivity index (χ0) is 19.3. The smallest absolute Gasteiger partial charge is 0.336 e. The van der Waals surface area contributed by atoms with Gasteiger partial charge in [0.15, 0.2) is 0 Å². The standard InChI is InChI=1S/C24H32O3/c1-2-3-4-5-6-7-8-9-14-19-27-23-18-13-12-16-21(23)20-15-10-11-17-22(20)24(25)26/h10-13,15-18H,2-9,14,19H2,1H3,(H,25,26). The van der Waals surface area contributed by atoms with Gasteiger partial charge in [0.2, 0.25) is 0 Å². The Balaban J connectivity index is 1.81. The molecule has 0 radical (unpaired) electrons. The summed E-state index contributed by atoms with van der Waals surface area (Å²) in [4.78, 5) is 11.5. The molecule has 3 heteroatoms. The maximum absolute atomic E-state index is 11.5. The van der Waals surface area contributed by atoms with E-state index >= 15 is 0 Å². The van der Waals surface area contributed by atoms with Gasteiger partial charge in [0.25, 0.3) is 0 Å². The third kappa shape index (κ3) is 7.09. The van der Waals surface area contributed by atoms with Crippen LogP contribution in [0.25, 0.3) is 11.1 Å². The van der Waals surface area contributed by atoms with Crippen molar-refractivity contribution in [2.45, 2.75) is 64.7 Å². The zero-order valence-corrected chi connectivity index (χ0v) is 16.5. The number of carboxylic acids is 1. The molecule has 0 heterocycles. The van der Waals surface area contributed by atoms with Crippen LogP contribution in [-0.4, -0.2) is 17.7 Å². The van der Waals surface area contributed by atoms with E-state index in [0.717, 1.165) is 17.7 Å². The van der Waals surface area contributed by atoms with Crippen LogP contribution in [0.1, 0.15) is 75.1 Å². The van der Waals surface area contributed by atoms with Gasteiger partial charge < -0.3 is 9.84 Å². The van der Waals surface area contributed by atoms with E-state index in [-0.39, 0.29) is 0 Å². The predicted octanol–water partition coefficient (Wildman–Crippen LogP) is 6.96. The summed E-state index contributed by atoms with van der Waals surface area (Å²) < 4.78 is 5.99. The van der Waals surface area contributed by atoms with Gasteiger partial charge in [-0.05, 0) is 24.1 Å². The van der Waals surface area contributed by atoms with E-state index in [2.05, 4.69) is 6.92 Å². The Labute approximate surface area is 163 Å². The van der Waals surface area contributed by atoms with Crippen molar-refractivity contribution in [2.24, 2.45) is 0 Å². The summed E-state index contributed by atoms with van der Waals surface area (Å²) in [6.07, 6.45) is 11.5. The lowest BCUT2D eigenvalue weighted by molar-refractivity contribution is 0.0697. The summed E-state index contributed by atoms with van der Waals surface area (Å²) in [7, 11) is 0. The number of para-hydroxylation sites is 1. The molecule has 2 aromatic carbocycles. The second-order valence-electron chi connectivity index (χ2n) is 7.02. The fourth-order valence-corrected chi connectivity index (χ4v) is 3.31. The highest BCUT2D eigenvalue weighted by molar-refractivity contribution is 5.96. The van der Waals surface area contributed by atoms with Gasteiger partial charge >= 0.3 is 5.97 Å². The molecule has 0 aliphatic rings. The topological polar surface area (TPSA) is 46.5 Å². The van der Waals surface area contributed by atoms with Crippen molar-refractivity contribution in [1.82, 2.24) is 0 Å². The summed E-state index contributed by atoms with van der Waals surface area (Å²) >= 11 is 0. The van der Waals surface area contributed by atoms with E-state index in [9.17, 15) is 9.90 Å². The first-order valence-corrected chi connectivity index (χ1v) is 10.3. The van der Waals surface area contributed by atoms with E-state index in [0.29, 0.717) is 17.7 Å². The number of aromatic carboxylic acids is 1. The Bertz CT molecular complexity index is 694. The Morgan fingerprint density at radius 2 is 1.33 bits per heavy atom. The zero-order valence-electron chi connectivity index (χ0n) is 16.5. The van der Waals surface area contributed by atoms with Crippen LogP contribution >= 0.6 is 0 Å². The van der Waals surface area contributed by atoms with Crippen molar-refractivity contribution in [2.75, 3.05) is 6.61 Å². The lowest BCUT2D eigenvalue weighted by Gasteiger charge is -2.13. The number of rotatable bonds is 13. The summed E-state index contributed by atoms with van der Waals surface area (Å²) in [5.41, 5.74) is 1.84. The van der Waals surface area contributed by atoms with Crippen molar-refractivity contribution in [1.29, 1.82) is 0 Å².